The molecule has 0 fully saturated rings. The Balaban J connectivity index is 1.92. The van der Waals surface area contributed by atoms with Gasteiger partial charge in [-0.2, -0.15) is 5.10 Å². The Hall–Kier alpha value is -1.64. The van der Waals surface area contributed by atoms with Crippen molar-refractivity contribution in [3.63, 3.8) is 0 Å². The van der Waals surface area contributed by atoms with Crippen LogP contribution in [0.15, 0.2) is 29.6 Å². The summed E-state index contributed by atoms with van der Waals surface area (Å²) in [6, 6.07) is 1.63. The van der Waals surface area contributed by atoms with Gasteiger partial charge in [-0.1, -0.05) is 0 Å². The molecule has 0 amide bonds. The molecule has 20 heavy (non-hydrogen) atoms. The minimum absolute atomic E-state index is 0.258. The van der Waals surface area contributed by atoms with Gasteiger partial charge in [0.05, 0.1) is 11.1 Å². The fourth-order valence-corrected chi connectivity index (χ4v) is 2.93. The summed E-state index contributed by atoms with van der Waals surface area (Å²) >= 11 is 0. The molecule has 0 bridgehead atoms. The monoisotopic (exact) mass is 297 g/mol. The van der Waals surface area contributed by atoms with Crippen LogP contribution in [0.5, 0.6) is 0 Å². The molecule has 0 aromatic carbocycles. The second-order valence-corrected chi connectivity index (χ2v) is 6.33. The van der Waals surface area contributed by atoms with Crippen LogP contribution in [-0.2, 0) is 30.0 Å². The molecule has 2 heterocycles. The molecule has 0 aliphatic rings. The number of aromatic amines is 1. The second-order valence-electron chi connectivity index (χ2n) is 4.56. The Bertz CT molecular complexity index is 659. The molecule has 0 unspecified atom stereocenters. The molecule has 110 valence electrons. The van der Waals surface area contributed by atoms with Gasteiger partial charge in [-0.05, 0) is 25.1 Å². The molecule has 7 nitrogen and oxygen atoms in total. The maximum atomic E-state index is 12.1. The molecular weight excluding hydrogens is 278 g/mol. The first kappa shape index (κ1) is 14.8. The van der Waals surface area contributed by atoms with Crippen molar-refractivity contribution in [1.29, 1.82) is 0 Å². The molecular formula is C12H19N5O2S. The van der Waals surface area contributed by atoms with Crippen LogP contribution in [0.25, 0.3) is 0 Å². The molecule has 3 N–H and O–H groups in total. The van der Waals surface area contributed by atoms with Crippen LogP contribution >= 0.6 is 0 Å². The molecule has 0 saturated heterocycles. The third kappa shape index (κ3) is 3.69. The van der Waals surface area contributed by atoms with Crippen molar-refractivity contribution < 1.29 is 8.42 Å². The Kier molecular flexibility index (Phi) is 4.58. The minimum atomic E-state index is -3.46. The summed E-state index contributed by atoms with van der Waals surface area (Å²) in [6.07, 6.45) is 5.71. The smallest absolute Gasteiger partial charge is 0.242 e. The van der Waals surface area contributed by atoms with E-state index in [0.717, 1.165) is 11.3 Å². The van der Waals surface area contributed by atoms with Gasteiger partial charge in [0, 0.05) is 38.2 Å². The van der Waals surface area contributed by atoms with Crippen molar-refractivity contribution in [2.24, 2.45) is 7.05 Å². The molecule has 0 aliphatic carbocycles. The summed E-state index contributed by atoms with van der Waals surface area (Å²) in [7, 11) is 0.179. The fraction of sp³-hybridized carbons (Fsp3) is 0.417. The number of sulfonamides is 1. The zero-order valence-electron chi connectivity index (χ0n) is 11.5. The quantitative estimate of drug-likeness (QED) is 0.670. The Labute approximate surface area is 118 Å². The number of aryl methyl sites for hydroxylation is 1. The fourth-order valence-electron chi connectivity index (χ4n) is 1.88. The van der Waals surface area contributed by atoms with E-state index < -0.39 is 10.0 Å². The number of H-pyrrole nitrogens is 1. The lowest BCUT2D eigenvalue weighted by atomic mass is 10.3. The topological polar surface area (TPSA) is 91.8 Å². The van der Waals surface area contributed by atoms with E-state index in [9.17, 15) is 8.42 Å². The van der Waals surface area contributed by atoms with Gasteiger partial charge in [-0.3, -0.25) is 4.68 Å². The maximum Gasteiger partial charge on any atom is 0.242 e. The van der Waals surface area contributed by atoms with Crippen LogP contribution in [0.2, 0.25) is 0 Å². The van der Waals surface area contributed by atoms with Crippen LogP contribution in [0, 0.1) is 0 Å². The Morgan fingerprint density at radius 1 is 1.45 bits per heavy atom. The highest BCUT2D eigenvalue weighted by molar-refractivity contribution is 7.89. The zero-order chi connectivity index (χ0) is 14.6. The van der Waals surface area contributed by atoms with Gasteiger partial charge < -0.3 is 10.3 Å². The van der Waals surface area contributed by atoms with Gasteiger partial charge in [-0.25, -0.2) is 13.1 Å². The molecule has 0 atom stereocenters. The average Bonchev–Trinajstić information content (AvgIpc) is 2.99. The number of aromatic nitrogens is 3. The Morgan fingerprint density at radius 3 is 2.90 bits per heavy atom. The first-order chi connectivity index (χ1) is 9.51. The average molecular weight is 297 g/mol. The lowest BCUT2D eigenvalue weighted by Crippen LogP contribution is -2.25. The summed E-state index contributed by atoms with van der Waals surface area (Å²) in [5, 5.41) is 7.00. The molecule has 2 rings (SSSR count). The van der Waals surface area contributed by atoms with Gasteiger partial charge >= 0.3 is 0 Å². The van der Waals surface area contributed by atoms with E-state index in [-0.39, 0.29) is 4.90 Å². The third-order valence-corrected chi connectivity index (χ3v) is 4.30. The highest BCUT2D eigenvalue weighted by Gasteiger charge is 2.15. The first-order valence-corrected chi connectivity index (χ1v) is 7.78. The van der Waals surface area contributed by atoms with Crippen molar-refractivity contribution in [1.82, 2.24) is 24.8 Å². The SMILES string of the molecule is CNCc1cc(S(=O)(=O)NCCc2cnn(C)c2)c[nH]1. The van der Waals surface area contributed by atoms with E-state index in [4.69, 9.17) is 0 Å². The van der Waals surface area contributed by atoms with E-state index in [1.807, 2.05) is 13.2 Å². The molecule has 2 aromatic heterocycles. The van der Waals surface area contributed by atoms with Crippen molar-refractivity contribution >= 4 is 10.0 Å². The summed E-state index contributed by atoms with van der Waals surface area (Å²) in [4.78, 5) is 3.19. The van der Waals surface area contributed by atoms with Crippen LogP contribution in [-0.4, -0.2) is 36.8 Å². The normalized spacial score (nSPS) is 11.9. The lowest BCUT2D eigenvalue weighted by Gasteiger charge is -2.03. The molecule has 0 radical (unpaired) electrons. The number of hydrogen-bond donors (Lipinski definition) is 3. The van der Waals surface area contributed by atoms with Crippen molar-refractivity contribution in [2.75, 3.05) is 13.6 Å². The van der Waals surface area contributed by atoms with E-state index in [2.05, 4.69) is 20.1 Å². The van der Waals surface area contributed by atoms with Crippen LogP contribution < -0.4 is 10.0 Å². The van der Waals surface area contributed by atoms with Crippen LogP contribution in [0.3, 0.4) is 0 Å². The number of hydrogen-bond acceptors (Lipinski definition) is 4. The van der Waals surface area contributed by atoms with E-state index >= 15 is 0 Å². The number of nitrogens with zero attached hydrogens (tertiary/aromatic N) is 2. The standard InChI is InChI=1S/C12H19N5O2S/c1-13-7-11-5-12(8-14-11)20(18,19)16-4-3-10-6-15-17(2)9-10/h5-6,8-9,13-14,16H,3-4,7H2,1-2H3. The summed E-state index contributed by atoms with van der Waals surface area (Å²) < 4.78 is 28.4. The van der Waals surface area contributed by atoms with Crippen LogP contribution in [0.1, 0.15) is 11.3 Å². The van der Waals surface area contributed by atoms with E-state index in [1.165, 1.54) is 6.20 Å². The number of nitrogens with one attached hydrogen (secondary N) is 3. The molecule has 0 aliphatic heterocycles. The second kappa shape index (κ2) is 6.21. The van der Waals surface area contributed by atoms with Gasteiger partial charge in [0.2, 0.25) is 10.0 Å². The van der Waals surface area contributed by atoms with E-state index in [0.29, 0.717) is 19.5 Å². The highest BCUT2D eigenvalue weighted by Crippen LogP contribution is 2.10. The zero-order valence-corrected chi connectivity index (χ0v) is 12.4. The van der Waals surface area contributed by atoms with Crippen molar-refractivity contribution in [2.45, 2.75) is 17.9 Å². The third-order valence-electron chi connectivity index (χ3n) is 2.86. The molecule has 2 aromatic rings. The number of rotatable bonds is 7. The minimum Gasteiger partial charge on any atom is -0.363 e. The Morgan fingerprint density at radius 2 is 2.25 bits per heavy atom. The highest BCUT2D eigenvalue weighted by atomic mass is 32.2. The van der Waals surface area contributed by atoms with Gasteiger partial charge in [0.15, 0.2) is 0 Å². The van der Waals surface area contributed by atoms with Gasteiger partial charge in [-0.15, -0.1) is 0 Å². The van der Waals surface area contributed by atoms with Gasteiger partial charge in [0.1, 0.15) is 0 Å². The summed E-state index contributed by atoms with van der Waals surface area (Å²) in [6.45, 7) is 0.950. The van der Waals surface area contributed by atoms with Crippen molar-refractivity contribution in [3.8, 4) is 0 Å². The van der Waals surface area contributed by atoms with E-state index in [1.54, 1.807) is 24.0 Å². The van der Waals surface area contributed by atoms with Gasteiger partial charge in [0.25, 0.3) is 0 Å². The summed E-state index contributed by atoms with van der Waals surface area (Å²) in [5.74, 6) is 0. The molecule has 0 saturated carbocycles. The predicted octanol–water partition coefficient (Wildman–Crippen LogP) is -0.0114. The molecule has 8 heteroatoms. The largest absolute Gasteiger partial charge is 0.363 e. The molecule has 0 spiro atoms. The summed E-state index contributed by atoms with van der Waals surface area (Å²) in [5.41, 5.74) is 1.83. The lowest BCUT2D eigenvalue weighted by molar-refractivity contribution is 0.581. The first-order valence-electron chi connectivity index (χ1n) is 6.30. The predicted molar refractivity (Wildman–Crippen MR) is 75.7 cm³/mol. The van der Waals surface area contributed by atoms with Crippen molar-refractivity contribution in [3.05, 3.63) is 35.9 Å². The van der Waals surface area contributed by atoms with Crippen LogP contribution in [0.4, 0.5) is 0 Å². The maximum absolute atomic E-state index is 12.1.